The van der Waals surface area contributed by atoms with E-state index in [0.29, 0.717) is 0 Å². The van der Waals surface area contributed by atoms with Gasteiger partial charge < -0.3 is 0 Å². The zero-order valence-corrected chi connectivity index (χ0v) is 9.03. The summed E-state index contributed by atoms with van der Waals surface area (Å²) in [4.78, 5) is 0. The lowest BCUT2D eigenvalue weighted by atomic mass is 10.1. The molecule has 14 heavy (non-hydrogen) atoms. The Labute approximate surface area is 87.2 Å². The third-order valence-corrected chi connectivity index (χ3v) is 1.33. The second-order valence-corrected chi connectivity index (χ2v) is 2.54. The molecule has 2 nitrogen and oxygen atoms in total. The Morgan fingerprint density at radius 2 is 0.857 bits per heavy atom. The Balaban J connectivity index is 0. The Morgan fingerprint density at radius 1 is 0.714 bits per heavy atom. The van der Waals surface area contributed by atoms with Crippen LogP contribution in [-0.4, -0.2) is 0 Å². The van der Waals surface area contributed by atoms with Gasteiger partial charge in [-0.1, -0.05) is 24.3 Å². The Hall–Kier alpha value is -1.54. The molecule has 0 unspecified atom stereocenters. The highest BCUT2D eigenvalue weighted by Gasteiger charge is 1.81. The fraction of sp³-hybridized carbons (Fsp3) is 0.500. The van der Waals surface area contributed by atoms with E-state index in [2.05, 4.69) is 24.3 Å². The van der Waals surface area contributed by atoms with E-state index in [9.17, 15) is 0 Å². The van der Waals surface area contributed by atoms with Crippen LogP contribution in [0.4, 0.5) is 0 Å². The van der Waals surface area contributed by atoms with Gasteiger partial charge >= 0.3 is 0 Å². The summed E-state index contributed by atoms with van der Waals surface area (Å²) in [5.74, 6) is 0. The summed E-state index contributed by atoms with van der Waals surface area (Å²) in [6.45, 7) is 2.86. The monoisotopic (exact) mass is 190 g/mol. The lowest BCUT2D eigenvalue weighted by Crippen LogP contribution is -1.71. The van der Waals surface area contributed by atoms with E-state index in [-0.39, 0.29) is 0 Å². The number of rotatable bonds is 0. The third-order valence-electron chi connectivity index (χ3n) is 1.33. The number of nitriles is 2. The van der Waals surface area contributed by atoms with Crippen LogP contribution in [0, 0.1) is 22.7 Å². The molecule has 0 amide bonds. The van der Waals surface area contributed by atoms with Crippen LogP contribution in [0.3, 0.4) is 0 Å². The fourth-order valence-corrected chi connectivity index (χ4v) is 0.856. The summed E-state index contributed by atoms with van der Waals surface area (Å²) in [6, 6.07) is 3.50. The molecule has 76 valence electrons. The van der Waals surface area contributed by atoms with E-state index in [0.717, 1.165) is 0 Å². The molecule has 0 atom stereocenters. The molecule has 1 rings (SSSR count). The maximum atomic E-state index is 7.32. The van der Waals surface area contributed by atoms with Gasteiger partial charge in [0.2, 0.25) is 0 Å². The smallest absolute Gasteiger partial charge is 0.0587 e. The van der Waals surface area contributed by atoms with Crippen molar-refractivity contribution in [1.29, 1.82) is 10.5 Å². The van der Waals surface area contributed by atoms with Crippen molar-refractivity contribution in [1.82, 2.24) is 0 Å². The van der Waals surface area contributed by atoms with Gasteiger partial charge in [0, 0.05) is 13.8 Å². The molecule has 0 radical (unpaired) electrons. The van der Waals surface area contributed by atoms with Gasteiger partial charge in [0.05, 0.1) is 12.1 Å². The highest BCUT2D eigenvalue weighted by Crippen LogP contribution is 2.02. The molecule has 2 heteroatoms. The van der Waals surface area contributed by atoms with Gasteiger partial charge in [0.1, 0.15) is 0 Å². The first kappa shape index (κ1) is 15.0. The second kappa shape index (κ2) is 17.5. The van der Waals surface area contributed by atoms with Crippen LogP contribution in [0.1, 0.15) is 39.5 Å². The van der Waals surface area contributed by atoms with Crippen molar-refractivity contribution in [3.05, 3.63) is 24.3 Å². The lowest BCUT2D eigenvalue weighted by molar-refractivity contribution is 0.962. The van der Waals surface area contributed by atoms with Crippen LogP contribution < -0.4 is 0 Å². The Bertz CT molecular complexity index is 188. The molecule has 0 N–H and O–H groups in total. The van der Waals surface area contributed by atoms with E-state index in [1.807, 2.05) is 0 Å². The molecular formula is C12H18N2. The number of hydrogen-bond donors (Lipinski definition) is 0. The molecule has 0 saturated carbocycles. The normalized spacial score (nSPS) is 17.1. The van der Waals surface area contributed by atoms with Crippen LogP contribution >= 0.6 is 0 Å². The zero-order chi connectivity index (χ0) is 11.1. The minimum Gasteiger partial charge on any atom is -0.199 e. The summed E-state index contributed by atoms with van der Waals surface area (Å²) in [6.07, 6.45) is 14.0. The summed E-state index contributed by atoms with van der Waals surface area (Å²) in [5.41, 5.74) is 0. The Kier molecular flexibility index (Phi) is 18.7. The van der Waals surface area contributed by atoms with Crippen molar-refractivity contribution >= 4 is 0 Å². The molecule has 0 fully saturated rings. The quantitative estimate of drug-likeness (QED) is 0.546. The van der Waals surface area contributed by atoms with Crippen LogP contribution in [0.2, 0.25) is 0 Å². The summed E-state index contributed by atoms with van der Waals surface area (Å²) >= 11 is 0. The molecule has 1 aliphatic carbocycles. The first-order chi connectivity index (χ1) is 6.83. The predicted molar refractivity (Wildman–Crippen MR) is 59.3 cm³/mol. The van der Waals surface area contributed by atoms with Gasteiger partial charge in [-0.05, 0) is 25.7 Å². The number of nitrogens with zero attached hydrogens (tertiary/aromatic N) is 2. The number of hydrogen-bond acceptors (Lipinski definition) is 2. The van der Waals surface area contributed by atoms with Gasteiger partial charge in [-0.25, -0.2) is 0 Å². The van der Waals surface area contributed by atoms with Crippen LogP contribution in [0.15, 0.2) is 24.3 Å². The summed E-state index contributed by atoms with van der Waals surface area (Å²) in [5, 5.41) is 14.6. The van der Waals surface area contributed by atoms with E-state index >= 15 is 0 Å². The van der Waals surface area contributed by atoms with Gasteiger partial charge in [-0.2, -0.15) is 10.5 Å². The standard InChI is InChI=1S/C8H12.2C2H3N/c1-2-4-6-8-7-5-3-1;2*1-2-3/h1-2,7-8H,3-6H2;2*1H3/b2-1-,8-7-;;. The largest absolute Gasteiger partial charge is 0.199 e. The van der Waals surface area contributed by atoms with E-state index in [4.69, 9.17) is 10.5 Å². The minimum atomic E-state index is 1.23. The summed E-state index contributed by atoms with van der Waals surface area (Å²) in [7, 11) is 0. The molecule has 0 aromatic rings. The van der Waals surface area contributed by atoms with Crippen molar-refractivity contribution in [3.63, 3.8) is 0 Å². The second-order valence-electron chi connectivity index (χ2n) is 2.54. The average Bonchev–Trinajstić information content (AvgIpc) is 2.04. The minimum absolute atomic E-state index is 1.23. The molecule has 0 aliphatic heterocycles. The predicted octanol–water partition coefficient (Wildman–Crippen LogP) is 3.73. The molecule has 1 aliphatic rings. The summed E-state index contributed by atoms with van der Waals surface area (Å²) < 4.78 is 0. The van der Waals surface area contributed by atoms with E-state index in [1.165, 1.54) is 39.5 Å². The van der Waals surface area contributed by atoms with Crippen LogP contribution in [0.5, 0.6) is 0 Å². The van der Waals surface area contributed by atoms with Crippen molar-refractivity contribution in [2.75, 3.05) is 0 Å². The topological polar surface area (TPSA) is 47.6 Å². The van der Waals surface area contributed by atoms with Gasteiger partial charge in [-0.15, -0.1) is 0 Å². The molecule has 0 spiro atoms. The Morgan fingerprint density at radius 3 is 1.00 bits per heavy atom. The van der Waals surface area contributed by atoms with E-state index in [1.54, 1.807) is 12.1 Å². The molecule has 0 bridgehead atoms. The van der Waals surface area contributed by atoms with Crippen LogP contribution in [-0.2, 0) is 0 Å². The highest BCUT2D eigenvalue weighted by molar-refractivity contribution is 4.93. The molecule has 0 heterocycles. The molecular weight excluding hydrogens is 172 g/mol. The first-order valence-corrected chi connectivity index (χ1v) is 4.75. The highest BCUT2D eigenvalue weighted by atomic mass is 14.2. The molecule has 0 saturated heterocycles. The SMILES string of the molecule is C1=C\CC/C=C\CC/1.CC#N.CC#N. The molecule has 0 aromatic carbocycles. The van der Waals surface area contributed by atoms with Crippen molar-refractivity contribution in [2.45, 2.75) is 39.5 Å². The van der Waals surface area contributed by atoms with Crippen LogP contribution in [0.25, 0.3) is 0 Å². The number of allylic oxidation sites excluding steroid dienone is 4. The maximum Gasteiger partial charge on any atom is 0.0587 e. The third kappa shape index (κ3) is 22.4. The van der Waals surface area contributed by atoms with Crippen molar-refractivity contribution in [3.8, 4) is 12.1 Å². The first-order valence-electron chi connectivity index (χ1n) is 4.75. The van der Waals surface area contributed by atoms with E-state index < -0.39 is 0 Å². The zero-order valence-electron chi connectivity index (χ0n) is 9.03. The lowest BCUT2D eigenvalue weighted by Gasteiger charge is -1.92. The van der Waals surface area contributed by atoms with Gasteiger partial charge in [0.15, 0.2) is 0 Å². The average molecular weight is 190 g/mol. The molecule has 0 aromatic heterocycles. The van der Waals surface area contributed by atoms with Gasteiger partial charge in [0.25, 0.3) is 0 Å². The van der Waals surface area contributed by atoms with Gasteiger partial charge in [-0.3, -0.25) is 0 Å². The van der Waals surface area contributed by atoms with Crippen molar-refractivity contribution < 1.29 is 0 Å². The maximum absolute atomic E-state index is 7.32. The van der Waals surface area contributed by atoms with Crippen molar-refractivity contribution in [2.24, 2.45) is 0 Å². The fourth-order valence-electron chi connectivity index (χ4n) is 0.856.